The lowest BCUT2D eigenvalue weighted by Crippen LogP contribution is -2.40. The molecule has 32 heavy (non-hydrogen) atoms. The summed E-state index contributed by atoms with van der Waals surface area (Å²) in [5, 5.41) is 6.64. The summed E-state index contributed by atoms with van der Waals surface area (Å²) in [7, 11) is 1.57. The summed E-state index contributed by atoms with van der Waals surface area (Å²) in [6.45, 7) is 0. The number of nitrogens with zero attached hydrogens (tertiary/aromatic N) is 2. The first-order chi connectivity index (χ1) is 15.2. The number of imidazole rings is 1. The second-order valence-electron chi connectivity index (χ2n) is 7.81. The monoisotopic (exact) mass is 466 g/mol. The second-order valence-corrected chi connectivity index (χ2v) is 8.24. The van der Waals surface area contributed by atoms with E-state index in [1.165, 1.54) is 10.5 Å². The molecule has 3 aromatic rings. The average Bonchev–Trinajstić information content (AvgIpc) is 3.20. The van der Waals surface area contributed by atoms with E-state index in [1.54, 1.807) is 37.4 Å². The van der Waals surface area contributed by atoms with Crippen molar-refractivity contribution in [1.29, 1.82) is 0 Å². The Kier molecular flexibility index (Phi) is 6.19. The van der Waals surface area contributed by atoms with Gasteiger partial charge in [0, 0.05) is 34.9 Å². The Morgan fingerprint density at radius 3 is 2.41 bits per heavy atom. The van der Waals surface area contributed by atoms with Crippen LogP contribution in [0.15, 0.2) is 42.6 Å². The highest BCUT2D eigenvalue weighted by Crippen LogP contribution is 2.31. The van der Waals surface area contributed by atoms with Crippen molar-refractivity contribution in [2.24, 2.45) is 0 Å². The minimum atomic E-state index is -4.53. The van der Waals surface area contributed by atoms with E-state index >= 15 is 0 Å². The molecule has 1 fully saturated rings. The van der Waals surface area contributed by atoms with Gasteiger partial charge in [-0.25, -0.2) is 4.98 Å². The molecule has 1 aliphatic rings. The molecule has 2 N–H and O–H groups in total. The summed E-state index contributed by atoms with van der Waals surface area (Å²) in [5.41, 5.74) is -0.270. The van der Waals surface area contributed by atoms with Gasteiger partial charge in [-0.3, -0.25) is 9.20 Å². The molecule has 1 saturated carbocycles. The largest absolute Gasteiger partial charge is 0.497 e. The second kappa shape index (κ2) is 8.90. The van der Waals surface area contributed by atoms with E-state index < -0.39 is 11.9 Å². The molecule has 2 heterocycles. The van der Waals surface area contributed by atoms with Crippen molar-refractivity contribution in [3.05, 3.63) is 58.9 Å². The van der Waals surface area contributed by atoms with Crippen LogP contribution in [0.25, 0.3) is 5.65 Å². The number of benzene rings is 1. The molecular formula is C22H22ClF3N4O2. The van der Waals surface area contributed by atoms with E-state index in [9.17, 15) is 18.0 Å². The van der Waals surface area contributed by atoms with E-state index in [0.29, 0.717) is 22.2 Å². The van der Waals surface area contributed by atoms with Crippen molar-refractivity contribution in [1.82, 2.24) is 14.7 Å². The highest BCUT2D eigenvalue weighted by molar-refractivity contribution is 6.31. The predicted octanol–water partition coefficient (Wildman–Crippen LogP) is 5.17. The molecular weight excluding hydrogens is 445 g/mol. The maximum atomic E-state index is 13.1. The molecule has 0 bridgehead atoms. The number of hydrogen-bond acceptors (Lipinski definition) is 4. The van der Waals surface area contributed by atoms with Crippen molar-refractivity contribution in [2.75, 3.05) is 12.4 Å². The maximum absolute atomic E-state index is 13.1. The summed E-state index contributed by atoms with van der Waals surface area (Å²) in [6, 6.07) is 9.97. The molecule has 2 aromatic heterocycles. The number of rotatable bonds is 5. The van der Waals surface area contributed by atoms with E-state index in [4.69, 9.17) is 16.3 Å². The van der Waals surface area contributed by atoms with Gasteiger partial charge in [0.25, 0.3) is 5.91 Å². The molecule has 0 saturated heterocycles. The number of hydrogen-bond donors (Lipinski definition) is 2. The van der Waals surface area contributed by atoms with Gasteiger partial charge in [0.05, 0.1) is 7.11 Å². The number of aromatic nitrogens is 2. The summed E-state index contributed by atoms with van der Waals surface area (Å²) in [6.07, 6.45) is -0.558. The fourth-order valence-electron chi connectivity index (χ4n) is 3.90. The number of alkyl halides is 3. The molecule has 170 valence electrons. The molecule has 0 radical (unpaired) electrons. The summed E-state index contributed by atoms with van der Waals surface area (Å²) in [4.78, 5) is 16.1. The quantitative estimate of drug-likeness (QED) is 0.544. The van der Waals surface area contributed by atoms with Gasteiger partial charge in [-0.05, 0) is 56.0 Å². The third kappa shape index (κ3) is 4.93. The fraction of sp³-hybridized carbons (Fsp3) is 0.364. The number of ether oxygens (including phenoxy) is 1. The van der Waals surface area contributed by atoms with Crippen molar-refractivity contribution < 1.29 is 22.7 Å². The number of nitrogens with one attached hydrogen (secondary N) is 2. The first kappa shape index (κ1) is 22.3. The third-order valence-electron chi connectivity index (χ3n) is 5.59. The highest BCUT2D eigenvalue weighted by Gasteiger charge is 2.34. The number of amides is 1. The lowest BCUT2D eigenvalue weighted by Gasteiger charge is -2.30. The number of carbonyl (C=O) groups excluding carboxylic acids is 1. The van der Waals surface area contributed by atoms with Crippen LogP contribution in [0, 0.1) is 0 Å². The smallest absolute Gasteiger partial charge is 0.434 e. The number of pyridine rings is 1. The SMILES string of the molecule is COc1ccc(C(=O)N[C@H]2CC[C@@H](Nc3cc(Cl)cc4nc(C(F)(F)F)cn34)CC2)cc1. The van der Waals surface area contributed by atoms with E-state index in [-0.39, 0.29) is 23.6 Å². The van der Waals surface area contributed by atoms with Gasteiger partial charge in [-0.2, -0.15) is 13.2 Å². The van der Waals surface area contributed by atoms with Gasteiger partial charge in [0.1, 0.15) is 17.2 Å². The molecule has 0 aliphatic heterocycles. The Labute approximate surface area is 187 Å². The minimum absolute atomic E-state index is 0.0344. The number of halogens is 4. The first-order valence-electron chi connectivity index (χ1n) is 10.2. The molecule has 6 nitrogen and oxygen atoms in total. The zero-order chi connectivity index (χ0) is 22.9. The molecule has 0 atom stereocenters. The topological polar surface area (TPSA) is 67.7 Å². The number of carbonyl (C=O) groups is 1. The standard InChI is InChI=1S/C22H22ClF3N4O2/c1-32-17-8-2-13(3-9-17)21(31)28-16-6-4-15(5-7-16)27-19-10-14(23)11-20-29-18(12-30(19)20)22(24,25)26/h2-3,8-12,15-16,27H,4-7H2,1H3,(H,28,31)/t15-,16+. The van der Waals surface area contributed by atoms with Crippen molar-refractivity contribution in [3.8, 4) is 5.75 Å². The first-order valence-corrected chi connectivity index (χ1v) is 10.6. The van der Waals surface area contributed by atoms with E-state index in [2.05, 4.69) is 15.6 Å². The van der Waals surface area contributed by atoms with Crippen LogP contribution < -0.4 is 15.4 Å². The van der Waals surface area contributed by atoms with Crippen LogP contribution in [0.5, 0.6) is 5.75 Å². The third-order valence-corrected chi connectivity index (χ3v) is 5.81. The molecule has 1 aliphatic carbocycles. The average molecular weight is 467 g/mol. The molecule has 10 heteroatoms. The van der Waals surface area contributed by atoms with Crippen LogP contribution in [0.4, 0.5) is 19.0 Å². The van der Waals surface area contributed by atoms with Gasteiger partial charge < -0.3 is 15.4 Å². The highest BCUT2D eigenvalue weighted by atomic mass is 35.5. The summed E-state index contributed by atoms with van der Waals surface area (Å²) < 4.78 is 45.6. The van der Waals surface area contributed by atoms with Crippen LogP contribution in [-0.4, -0.2) is 34.5 Å². The summed E-state index contributed by atoms with van der Waals surface area (Å²) in [5.74, 6) is 1.00. The van der Waals surface area contributed by atoms with Gasteiger partial charge in [0.15, 0.2) is 5.69 Å². The fourth-order valence-corrected chi connectivity index (χ4v) is 4.11. The van der Waals surface area contributed by atoms with Gasteiger partial charge in [-0.15, -0.1) is 0 Å². The van der Waals surface area contributed by atoms with Crippen molar-refractivity contribution in [3.63, 3.8) is 0 Å². The van der Waals surface area contributed by atoms with Gasteiger partial charge in [-0.1, -0.05) is 11.6 Å². The van der Waals surface area contributed by atoms with Crippen molar-refractivity contribution >= 4 is 29.0 Å². The Balaban J connectivity index is 1.38. The Morgan fingerprint density at radius 1 is 1.12 bits per heavy atom. The van der Waals surface area contributed by atoms with Gasteiger partial charge in [0.2, 0.25) is 0 Å². The van der Waals surface area contributed by atoms with E-state index in [1.807, 2.05) is 0 Å². The molecule has 1 amide bonds. The Hall–Kier alpha value is -2.94. The van der Waals surface area contributed by atoms with Crippen LogP contribution in [-0.2, 0) is 6.18 Å². The molecule has 4 rings (SSSR count). The van der Waals surface area contributed by atoms with E-state index in [0.717, 1.165) is 31.9 Å². The van der Waals surface area contributed by atoms with Crippen LogP contribution in [0.3, 0.4) is 0 Å². The lowest BCUT2D eigenvalue weighted by atomic mass is 9.91. The molecule has 0 spiro atoms. The maximum Gasteiger partial charge on any atom is 0.434 e. The molecule has 0 unspecified atom stereocenters. The molecule has 1 aromatic carbocycles. The zero-order valence-electron chi connectivity index (χ0n) is 17.2. The van der Waals surface area contributed by atoms with Crippen LogP contribution in [0.1, 0.15) is 41.7 Å². The Morgan fingerprint density at radius 2 is 1.78 bits per heavy atom. The number of anilines is 1. The Bertz CT molecular complexity index is 1110. The lowest BCUT2D eigenvalue weighted by molar-refractivity contribution is -0.140. The van der Waals surface area contributed by atoms with Crippen LogP contribution in [0.2, 0.25) is 5.02 Å². The summed E-state index contributed by atoms with van der Waals surface area (Å²) >= 11 is 6.09. The normalized spacial score (nSPS) is 19.0. The predicted molar refractivity (Wildman–Crippen MR) is 115 cm³/mol. The number of fused-ring (bicyclic) bond motifs is 1. The number of methoxy groups -OCH3 is 1. The zero-order valence-corrected chi connectivity index (χ0v) is 18.0. The van der Waals surface area contributed by atoms with Crippen LogP contribution >= 0.6 is 11.6 Å². The minimum Gasteiger partial charge on any atom is -0.497 e. The van der Waals surface area contributed by atoms with Gasteiger partial charge >= 0.3 is 6.18 Å². The van der Waals surface area contributed by atoms with Crippen molar-refractivity contribution in [2.45, 2.75) is 43.9 Å².